The summed E-state index contributed by atoms with van der Waals surface area (Å²) in [5, 5.41) is 13.8. The maximum Gasteiger partial charge on any atom is 0.282 e. The van der Waals surface area contributed by atoms with Crippen molar-refractivity contribution in [3.05, 3.63) is 39.4 Å². The van der Waals surface area contributed by atoms with Crippen LogP contribution in [0.15, 0.2) is 18.2 Å². The number of hydrogen-bond acceptors (Lipinski definition) is 4. The van der Waals surface area contributed by atoms with Crippen LogP contribution in [0.1, 0.15) is 28.8 Å². The molecule has 1 fully saturated rings. The van der Waals surface area contributed by atoms with Gasteiger partial charge < -0.3 is 10.1 Å². The molecule has 0 aliphatic carbocycles. The second kappa shape index (κ2) is 5.79. The molecule has 2 rings (SSSR count). The number of aryl methyl sites for hydroxylation is 1. The summed E-state index contributed by atoms with van der Waals surface area (Å²) < 4.78 is 5.21. The second-order valence-electron chi connectivity index (χ2n) is 4.64. The lowest BCUT2D eigenvalue weighted by Gasteiger charge is -2.23. The minimum Gasteiger partial charge on any atom is -0.381 e. The molecule has 0 unspecified atom stereocenters. The lowest BCUT2D eigenvalue weighted by Crippen LogP contribution is -2.39. The number of nitro benzene ring substituents is 1. The maximum atomic E-state index is 12.1. The summed E-state index contributed by atoms with van der Waals surface area (Å²) in [6.07, 6.45) is 1.48. The van der Waals surface area contributed by atoms with Crippen molar-refractivity contribution in [1.82, 2.24) is 5.32 Å². The lowest BCUT2D eigenvalue weighted by atomic mass is 10.1. The Morgan fingerprint density at radius 1 is 1.42 bits per heavy atom. The van der Waals surface area contributed by atoms with Crippen molar-refractivity contribution in [1.29, 1.82) is 0 Å². The molecule has 0 aromatic heterocycles. The number of benzene rings is 1. The molecule has 102 valence electrons. The molecule has 1 aromatic rings. The molecule has 1 saturated heterocycles. The first-order valence-corrected chi connectivity index (χ1v) is 6.21. The molecule has 1 aliphatic rings. The van der Waals surface area contributed by atoms with Crippen LogP contribution in [0.25, 0.3) is 0 Å². The van der Waals surface area contributed by atoms with Crippen molar-refractivity contribution in [2.45, 2.75) is 25.8 Å². The number of hydrogen-bond donors (Lipinski definition) is 1. The molecule has 1 heterocycles. The molecule has 6 nitrogen and oxygen atoms in total. The molecular formula is C13H16N2O4. The zero-order valence-electron chi connectivity index (χ0n) is 10.7. The maximum absolute atomic E-state index is 12.1. The van der Waals surface area contributed by atoms with Crippen molar-refractivity contribution in [2.75, 3.05) is 13.2 Å². The third-order valence-corrected chi connectivity index (χ3v) is 3.15. The van der Waals surface area contributed by atoms with Crippen LogP contribution in [0.4, 0.5) is 5.69 Å². The van der Waals surface area contributed by atoms with Gasteiger partial charge in [-0.3, -0.25) is 14.9 Å². The van der Waals surface area contributed by atoms with E-state index in [-0.39, 0.29) is 17.3 Å². The second-order valence-corrected chi connectivity index (χ2v) is 4.64. The van der Waals surface area contributed by atoms with Crippen LogP contribution in [0.5, 0.6) is 0 Å². The fraction of sp³-hybridized carbons (Fsp3) is 0.462. The van der Waals surface area contributed by atoms with Crippen molar-refractivity contribution >= 4 is 11.6 Å². The normalized spacial score (nSPS) is 16.1. The highest BCUT2D eigenvalue weighted by Gasteiger charge is 2.23. The van der Waals surface area contributed by atoms with E-state index in [1.807, 2.05) is 0 Å². The molecule has 19 heavy (non-hydrogen) atoms. The Morgan fingerprint density at radius 2 is 2.11 bits per heavy atom. The van der Waals surface area contributed by atoms with E-state index >= 15 is 0 Å². The fourth-order valence-electron chi connectivity index (χ4n) is 2.09. The summed E-state index contributed by atoms with van der Waals surface area (Å²) in [6.45, 7) is 2.98. The van der Waals surface area contributed by atoms with Crippen LogP contribution in [-0.2, 0) is 4.74 Å². The SMILES string of the molecule is Cc1ccc(C(=O)NC2CCOCC2)c([N+](=O)[O-])c1. The topological polar surface area (TPSA) is 81.5 Å². The molecule has 0 saturated carbocycles. The van der Waals surface area contributed by atoms with E-state index in [0.29, 0.717) is 13.2 Å². The number of ether oxygens (including phenoxy) is 1. The Bertz CT molecular complexity index is 495. The van der Waals surface area contributed by atoms with Crippen LogP contribution in [0.3, 0.4) is 0 Å². The van der Waals surface area contributed by atoms with Crippen LogP contribution >= 0.6 is 0 Å². The zero-order valence-corrected chi connectivity index (χ0v) is 10.7. The highest BCUT2D eigenvalue weighted by molar-refractivity contribution is 5.98. The fourth-order valence-corrected chi connectivity index (χ4v) is 2.09. The summed E-state index contributed by atoms with van der Waals surface area (Å²) in [5.41, 5.74) is 0.723. The molecule has 1 N–H and O–H groups in total. The standard InChI is InChI=1S/C13H16N2O4/c1-9-2-3-11(12(8-9)15(17)18)13(16)14-10-4-6-19-7-5-10/h2-3,8,10H,4-7H2,1H3,(H,14,16). The van der Waals surface area contributed by atoms with E-state index in [9.17, 15) is 14.9 Å². The quantitative estimate of drug-likeness (QED) is 0.666. The summed E-state index contributed by atoms with van der Waals surface area (Å²) in [6, 6.07) is 4.65. The predicted molar refractivity (Wildman–Crippen MR) is 69.1 cm³/mol. The third-order valence-electron chi connectivity index (χ3n) is 3.15. The smallest absolute Gasteiger partial charge is 0.282 e. The predicted octanol–water partition coefficient (Wildman–Crippen LogP) is 1.81. The van der Waals surface area contributed by atoms with E-state index in [1.165, 1.54) is 12.1 Å². The first-order valence-electron chi connectivity index (χ1n) is 6.21. The molecular weight excluding hydrogens is 248 g/mol. The summed E-state index contributed by atoms with van der Waals surface area (Å²) >= 11 is 0. The Balaban J connectivity index is 2.16. The average Bonchev–Trinajstić information content (AvgIpc) is 2.39. The van der Waals surface area contributed by atoms with E-state index < -0.39 is 10.8 Å². The van der Waals surface area contributed by atoms with Crippen molar-refractivity contribution in [3.63, 3.8) is 0 Å². The van der Waals surface area contributed by atoms with Gasteiger partial charge in [0.05, 0.1) is 4.92 Å². The molecule has 0 bridgehead atoms. The third kappa shape index (κ3) is 3.29. The lowest BCUT2D eigenvalue weighted by molar-refractivity contribution is -0.385. The van der Waals surface area contributed by atoms with Gasteiger partial charge in [0.1, 0.15) is 5.56 Å². The summed E-state index contributed by atoms with van der Waals surface area (Å²) in [7, 11) is 0. The van der Waals surface area contributed by atoms with Crippen LogP contribution < -0.4 is 5.32 Å². The Kier molecular flexibility index (Phi) is 4.11. The van der Waals surface area contributed by atoms with Gasteiger partial charge in [-0.15, -0.1) is 0 Å². The van der Waals surface area contributed by atoms with E-state index in [2.05, 4.69) is 5.32 Å². The first-order chi connectivity index (χ1) is 9.08. The Hall–Kier alpha value is -1.95. The molecule has 0 atom stereocenters. The van der Waals surface area contributed by atoms with Gasteiger partial charge in [0, 0.05) is 25.3 Å². The number of nitrogens with zero attached hydrogens (tertiary/aromatic N) is 1. The first kappa shape index (κ1) is 13.5. The van der Waals surface area contributed by atoms with Crippen molar-refractivity contribution < 1.29 is 14.5 Å². The van der Waals surface area contributed by atoms with Gasteiger partial charge in [0.2, 0.25) is 0 Å². The molecule has 1 amide bonds. The summed E-state index contributed by atoms with van der Waals surface area (Å²) in [5.74, 6) is -0.390. The average molecular weight is 264 g/mol. The number of nitrogens with one attached hydrogen (secondary N) is 1. The van der Waals surface area contributed by atoms with E-state index in [4.69, 9.17) is 4.74 Å². The summed E-state index contributed by atoms with van der Waals surface area (Å²) in [4.78, 5) is 22.5. The van der Waals surface area contributed by atoms with Crippen LogP contribution in [0, 0.1) is 17.0 Å². The Labute approximate surface area is 110 Å². The van der Waals surface area contributed by atoms with Gasteiger partial charge in [-0.2, -0.15) is 0 Å². The highest BCUT2D eigenvalue weighted by atomic mass is 16.6. The van der Waals surface area contributed by atoms with Crippen LogP contribution in [0.2, 0.25) is 0 Å². The zero-order chi connectivity index (χ0) is 13.8. The van der Waals surface area contributed by atoms with Gasteiger partial charge in [0.25, 0.3) is 11.6 Å². The van der Waals surface area contributed by atoms with E-state index in [0.717, 1.165) is 18.4 Å². The minimum absolute atomic E-state index is 0.0298. The van der Waals surface area contributed by atoms with Gasteiger partial charge in [0.15, 0.2) is 0 Å². The number of rotatable bonds is 3. The number of amides is 1. The van der Waals surface area contributed by atoms with Crippen molar-refractivity contribution in [3.8, 4) is 0 Å². The molecule has 0 spiro atoms. The largest absolute Gasteiger partial charge is 0.381 e. The molecule has 6 heteroatoms. The van der Waals surface area contributed by atoms with Gasteiger partial charge in [-0.25, -0.2) is 0 Å². The molecule has 1 aliphatic heterocycles. The van der Waals surface area contributed by atoms with E-state index in [1.54, 1.807) is 13.0 Å². The van der Waals surface area contributed by atoms with Crippen molar-refractivity contribution in [2.24, 2.45) is 0 Å². The molecule has 0 radical (unpaired) electrons. The number of carbonyl (C=O) groups is 1. The molecule has 1 aromatic carbocycles. The number of nitro groups is 1. The minimum atomic E-state index is -0.522. The number of carbonyl (C=O) groups excluding carboxylic acids is 1. The monoisotopic (exact) mass is 264 g/mol. The highest BCUT2D eigenvalue weighted by Crippen LogP contribution is 2.20. The van der Waals surface area contributed by atoms with Gasteiger partial charge in [-0.05, 0) is 31.4 Å². The van der Waals surface area contributed by atoms with Crippen LogP contribution in [-0.4, -0.2) is 30.1 Å². The van der Waals surface area contributed by atoms with Gasteiger partial charge in [-0.1, -0.05) is 6.07 Å². The van der Waals surface area contributed by atoms with Gasteiger partial charge >= 0.3 is 0 Å². The Morgan fingerprint density at radius 3 is 2.74 bits per heavy atom.